The number of ether oxygens (including phenoxy) is 1. The number of para-hydroxylation sites is 3. The first-order valence-corrected chi connectivity index (χ1v) is 11.7. The highest BCUT2D eigenvalue weighted by Gasteiger charge is 2.35. The van der Waals surface area contributed by atoms with E-state index in [1.54, 1.807) is 0 Å². The lowest BCUT2D eigenvalue weighted by atomic mass is 10.1. The number of aliphatic hydroxyl groups is 1. The van der Waals surface area contributed by atoms with Gasteiger partial charge in [-0.25, -0.2) is 4.98 Å². The Morgan fingerprint density at radius 1 is 1.03 bits per heavy atom. The first kappa shape index (κ1) is 22.2. The Hall–Kier alpha value is -3.64. The van der Waals surface area contributed by atoms with Crippen LogP contribution < -0.4 is 9.64 Å². The average Bonchev–Trinajstić information content (AvgIpc) is 3.38. The molecule has 1 aromatic heterocycles. The molecule has 3 aromatic carbocycles. The van der Waals surface area contributed by atoms with Gasteiger partial charge in [0, 0.05) is 24.6 Å². The minimum atomic E-state index is -0.723. The van der Waals surface area contributed by atoms with Crippen molar-refractivity contribution in [3.05, 3.63) is 89.7 Å². The first-order valence-electron chi connectivity index (χ1n) is 11.7. The van der Waals surface area contributed by atoms with Gasteiger partial charge in [-0.3, -0.25) is 4.79 Å². The molecule has 1 saturated heterocycles. The van der Waals surface area contributed by atoms with E-state index in [-0.39, 0.29) is 18.4 Å². The zero-order valence-corrected chi connectivity index (χ0v) is 19.5. The minimum absolute atomic E-state index is 0.0485. The summed E-state index contributed by atoms with van der Waals surface area (Å²) in [5, 5.41) is 10.9. The summed E-state index contributed by atoms with van der Waals surface area (Å²) in [5.41, 5.74) is 4.97. The van der Waals surface area contributed by atoms with E-state index in [4.69, 9.17) is 9.72 Å². The predicted molar refractivity (Wildman–Crippen MR) is 133 cm³/mol. The Bertz CT molecular complexity index is 1290. The van der Waals surface area contributed by atoms with Gasteiger partial charge < -0.3 is 19.3 Å². The van der Waals surface area contributed by atoms with Crippen LogP contribution in [0.2, 0.25) is 0 Å². The number of amides is 1. The highest BCUT2D eigenvalue weighted by atomic mass is 16.5. The molecule has 6 nitrogen and oxygen atoms in total. The normalized spacial score (nSPS) is 16.9. The van der Waals surface area contributed by atoms with Crippen molar-refractivity contribution in [2.45, 2.75) is 38.8 Å². The highest BCUT2D eigenvalue weighted by Crippen LogP contribution is 2.33. The van der Waals surface area contributed by atoms with Gasteiger partial charge in [-0.05, 0) is 61.4 Å². The Morgan fingerprint density at radius 2 is 1.74 bits per heavy atom. The van der Waals surface area contributed by atoms with Gasteiger partial charge in [-0.2, -0.15) is 0 Å². The maximum atomic E-state index is 12.8. The smallest absolute Gasteiger partial charge is 0.227 e. The summed E-state index contributed by atoms with van der Waals surface area (Å²) >= 11 is 0. The van der Waals surface area contributed by atoms with Crippen molar-refractivity contribution in [2.75, 3.05) is 18.1 Å². The molecule has 1 aliphatic rings. The van der Waals surface area contributed by atoms with E-state index in [9.17, 15) is 9.90 Å². The van der Waals surface area contributed by atoms with E-state index in [1.165, 1.54) is 0 Å². The number of hydrogen-bond acceptors (Lipinski definition) is 4. The molecule has 2 atom stereocenters. The molecule has 174 valence electrons. The van der Waals surface area contributed by atoms with Crippen LogP contribution in [-0.2, 0) is 11.3 Å². The number of anilines is 1. The standard InChI is InChI=1S/C28H29N3O3/c1-19-12-20(2)14-24(13-19)34-18-23(32)17-31-26-11-7-6-10-25(26)29-28(31)21-15-27(33)30(16-21)22-8-4-3-5-9-22/h3-14,21,23,32H,15-18H2,1-2H3/t21-,23-/m1/s1. The number of benzene rings is 3. The van der Waals surface area contributed by atoms with Crippen molar-refractivity contribution < 1.29 is 14.6 Å². The quantitative estimate of drug-likeness (QED) is 0.442. The zero-order chi connectivity index (χ0) is 23.7. The van der Waals surface area contributed by atoms with Crippen LogP contribution in [0.5, 0.6) is 5.75 Å². The molecule has 1 aliphatic heterocycles. The molecule has 0 radical (unpaired) electrons. The maximum Gasteiger partial charge on any atom is 0.227 e. The minimum Gasteiger partial charge on any atom is -0.491 e. The third-order valence-corrected chi connectivity index (χ3v) is 6.27. The molecule has 1 amide bonds. The lowest BCUT2D eigenvalue weighted by Gasteiger charge is -2.19. The van der Waals surface area contributed by atoms with Gasteiger partial charge in [0.25, 0.3) is 0 Å². The number of fused-ring (bicyclic) bond motifs is 1. The fourth-order valence-corrected chi connectivity index (χ4v) is 4.81. The third kappa shape index (κ3) is 4.54. The molecule has 0 aliphatic carbocycles. The molecule has 0 saturated carbocycles. The fourth-order valence-electron chi connectivity index (χ4n) is 4.81. The Balaban J connectivity index is 1.37. The topological polar surface area (TPSA) is 67.6 Å². The van der Waals surface area contributed by atoms with Crippen molar-refractivity contribution in [2.24, 2.45) is 0 Å². The molecular formula is C28H29N3O3. The fraction of sp³-hybridized carbons (Fsp3) is 0.286. The molecule has 6 heteroatoms. The summed E-state index contributed by atoms with van der Waals surface area (Å²) in [6, 6.07) is 23.7. The Kier molecular flexibility index (Phi) is 6.07. The molecule has 34 heavy (non-hydrogen) atoms. The number of nitrogens with zero attached hydrogens (tertiary/aromatic N) is 3. The van der Waals surface area contributed by atoms with Crippen LogP contribution >= 0.6 is 0 Å². The Morgan fingerprint density at radius 3 is 2.50 bits per heavy atom. The van der Waals surface area contributed by atoms with Gasteiger partial charge >= 0.3 is 0 Å². The van der Waals surface area contributed by atoms with E-state index < -0.39 is 6.10 Å². The van der Waals surface area contributed by atoms with Gasteiger partial charge in [-0.1, -0.05) is 36.4 Å². The van der Waals surface area contributed by atoms with Crippen molar-refractivity contribution in [1.82, 2.24) is 9.55 Å². The van der Waals surface area contributed by atoms with Crippen molar-refractivity contribution in [3.63, 3.8) is 0 Å². The number of aliphatic hydroxyl groups excluding tert-OH is 1. The summed E-state index contributed by atoms with van der Waals surface area (Å²) in [6.07, 6.45) is -0.326. The summed E-state index contributed by atoms with van der Waals surface area (Å²) < 4.78 is 7.95. The summed E-state index contributed by atoms with van der Waals surface area (Å²) in [6.45, 7) is 5.15. The highest BCUT2D eigenvalue weighted by molar-refractivity contribution is 5.96. The first-order chi connectivity index (χ1) is 16.5. The SMILES string of the molecule is Cc1cc(C)cc(OC[C@H](O)Cn2c([C@@H]3CC(=O)N(c4ccccc4)C3)nc3ccccc32)c1. The number of carbonyl (C=O) groups is 1. The number of aryl methyl sites for hydroxylation is 2. The van der Waals surface area contributed by atoms with Crippen LogP contribution in [0.3, 0.4) is 0 Å². The van der Waals surface area contributed by atoms with Crippen LogP contribution in [0.25, 0.3) is 11.0 Å². The molecule has 1 N–H and O–H groups in total. The molecule has 4 aromatic rings. The number of imidazole rings is 1. The van der Waals surface area contributed by atoms with E-state index in [1.807, 2.05) is 85.5 Å². The number of rotatable bonds is 7. The van der Waals surface area contributed by atoms with Crippen LogP contribution in [0.15, 0.2) is 72.8 Å². The molecule has 5 rings (SSSR count). The van der Waals surface area contributed by atoms with Crippen LogP contribution in [-0.4, -0.2) is 39.8 Å². The number of aromatic nitrogens is 2. The van der Waals surface area contributed by atoms with Crippen molar-refractivity contribution in [1.29, 1.82) is 0 Å². The average molecular weight is 456 g/mol. The molecule has 0 unspecified atom stereocenters. The predicted octanol–water partition coefficient (Wildman–Crippen LogP) is 4.61. The van der Waals surface area contributed by atoms with E-state index in [0.29, 0.717) is 19.5 Å². The van der Waals surface area contributed by atoms with Gasteiger partial charge in [-0.15, -0.1) is 0 Å². The molecule has 0 bridgehead atoms. The maximum absolute atomic E-state index is 12.8. The van der Waals surface area contributed by atoms with Gasteiger partial charge in [0.2, 0.25) is 5.91 Å². The lowest BCUT2D eigenvalue weighted by Crippen LogP contribution is -2.26. The monoisotopic (exact) mass is 455 g/mol. The summed E-state index contributed by atoms with van der Waals surface area (Å²) in [4.78, 5) is 19.6. The zero-order valence-electron chi connectivity index (χ0n) is 19.5. The van der Waals surface area contributed by atoms with Gasteiger partial charge in [0.15, 0.2) is 0 Å². The molecule has 0 spiro atoms. The summed E-state index contributed by atoms with van der Waals surface area (Å²) in [5.74, 6) is 1.63. The van der Waals surface area contributed by atoms with E-state index in [0.717, 1.165) is 39.4 Å². The van der Waals surface area contributed by atoms with Crippen molar-refractivity contribution in [3.8, 4) is 5.75 Å². The van der Waals surface area contributed by atoms with Crippen LogP contribution in [0, 0.1) is 13.8 Å². The van der Waals surface area contributed by atoms with E-state index >= 15 is 0 Å². The van der Waals surface area contributed by atoms with Crippen LogP contribution in [0.4, 0.5) is 5.69 Å². The van der Waals surface area contributed by atoms with Gasteiger partial charge in [0.1, 0.15) is 24.3 Å². The van der Waals surface area contributed by atoms with Gasteiger partial charge in [0.05, 0.1) is 17.6 Å². The molecular weight excluding hydrogens is 426 g/mol. The number of carbonyl (C=O) groups excluding carboxylic acids is 1. The second-order valence-corrected chi connectivity index (χ2v) is 9.10. The van der Waals surface area contributed by atoms with Crippen molar-refractivity contribution >= 4 is 22.6 Å². The summed E-state index contributed by atoms with van der Waals surface area (Å²) in [7, 11) is 0. The molecule has 2 heterocycles. The number of hydrogen-bond donors (Lipinski definition) is 1. The molecule has 1 fully saturated rings. The second-order valence-electron chi connectivity index (χ2n) is 9.10. The Labute approximate surface area is 199 Å². The van der Waals surface area contributed by atoms with E-state index in [2.05, 4.69) is 10.6 Å². The largest absolute Gasteiger partial charge is 0.491 e. The van der Waals surface area contributed by atoms with Crippen LogP contribution in [0.1, 0.15) is 29.3 Å². The third-order valence-electron chi connectivity index (χ3n) is 6.27. The second kappa shape index (κ2) is 9.31. The lowest BCUT2D eigenvalue weighted by molar-refractivity contribution is -0.117.